The number of unbranched alkanes of at least 4 members (excludes halogenated alkanes) is 3. The third-order valence-corrected chi connectivity index (χ3v) is 18.0. The van der Waals surface area contributed by atoms with E-state index in [-0.39, 0.29) is 0 Å². The molecule has 2 nitrogen and oxygen atoms in total. The molecule has 0 atom stereocenters. The number of rotatable bonds is 12. The summed E-state index contributed by atoms with van der Waals surface area (Å²) in [7, 11) is 0. The first kappa shape index (κ1) is 19.7. The van der Waals surface area contributed by atoms with Crippen molar-refractivity contribution in [2.24, 2.45) is 0 Å². The summed E-state index contributed by atoms with van der Waals surface area (Å²) in [6.07, 6.45) is 12.8. The van der Waals surface area contributed by atoms with Crippen LogP contribution in [0.2, 0.25) is 13.3 Å². The number of hydrogen-bond acceptors (Lipinski definition) is 1. The van der Waals surface area contributed by atoms with Gasteiger partial charge in [-0.3, -0.25) is 0 Å². The van der Waals surface area contributed by atoms with E-state index in [1.807, 2.05) is 6.08 Å². The molecule has 0 aromatic rings. The Hall–Kier alpha value is -0.251. The molecule has 0 saturated heterocycles. The Labute approximate surface area is 129 Å². The second-order valence-corrected chi connectivity index (χ2v) is 18.7. The van der Waals surface area contributed by atoms with Crippen molar-refractivity contribution in [1.29, 1.82) is 0 Å². The second-order valence-electron chi connectivity index (χ2n) is 5.73. The molecule has 0 rings (SSSR count). The first-order chi connectivity index (χ1) is 9.60. The molecule has 20 heavy (non-hydrogen) atoms. The van der Waals surface area contributed by atoms with Crippen molar-refractivity contribution in [2.45, 2.75) is 72.6 Å². The van der Waals surface area contributed by atoms with Gasteiger partial charge < -0.3 is 0 Å². The van der Waals surface area contributed by atoms with Crippen molar-refractivity contribution in [1.82, 2.24) is 0 Å². The molecule has 0 amide bonds. The van der Waals surface area contributed by atoms with E-state index in [1.54, 1.807) is 6.08 Å². The van der Waals surface area contributed by atoms with Gasteiger partial charge in [0, 0.05) is 0 Å². The maximum atomic E-state index is 10.5. The average Bonchev–Trinajstić information content (AvgIpc) is 2.44. The fourth-order valence-corrected chi connectivity index (χ4v) is 16.7. The third-order valence-electron chi connectivity index (χ3n) is 3.88. The molecule has 0 aliphatic carbocycles. The third kappa shape index (κ3) is 9.62. The predicted molar refractivity (Wildman–Crippen MR) is 90.8 cm³/mol. The molecule has 0 radical (unpaired) electrons. The number of carboxylic acid groups (broad SMARTS) is 1. The summed E-state index contributed by atoms with van der Waals surface area (Å²) in [5.74, 6) is -0.855. The molecule has 0 unspecified atom stereocenters. The quantitative estimate of drug-likeness (QED) is 0.270. The van der Waals surface area contributed by atoms with Crippen molar-refractivity contribution in [3.8, 4) is 0 Å². The molecule has 0 aromatic heterocycles. The van der Waals surface area contributed by atoms with Gasteiger partial charge in [-0.15, -0.1) is 0 Å². The van der Waals surface area contributed by atoms with E-state index in [9.17, 15) is 4.79 Å². The van der Waals surface area contributed by atoms with Gasteiger partial charge in [0.05, 0.1) is 0 Å². The fraction of sp³-hybridized carbons (Fsp3) is 0.706. The Morgan fingerprint density at radius 2 is 1.35 bits per heavy atom. The Balaban J connectivity index is 4.86. The van der Waals surface area contributed by atoms with Crippen molar-refractivity contribution in [2.75, 3.05) is 0 Å². The predicted octanol–water partition coefficient (Wildman–Crippen LogP) is 5.57. The number of aliphatic carboxylic acids is 1. The molecule has 0 aromatic carbocycles. The molecular formula is C17H32O2Sn. The zero-order valence-electron chi connectivity index (χ0n) is 13.5. The van der Waals surface area contributed by atoms with Gasteiger partial charge >= 0.3 is 129 Å². The first-order valence-corrected chi connectivity index (χ1v) is 15.9. The van der Waals surface area contributed by atoms with E-state index in [0.29, 0.717) is 0 Å². The monoisotopic (exact) mass is 388 g/mol. The Morgan fingerprint density at radius 1 is 0.900 bits per heavy atom. The normalized spacial score (nSPS) is 12.6. The van der Waals surface area contributed by atoms with Gasteiger partial charge in [-0.25, -0.2) is 0 Å². The molecule has 0 aliphatic heterocycles. The molecule has 0 spiro atoms. The summed E-state index contributed by atoms with van der Waals surface area (Å²) in [5, 5.41) is 8.66. The number of allylic oxidation sites excluding steroid dienone is 2. The summed E-state index contributed by atoms with van der Waals surface area (Å²) in [4.78, 5) is 10.5. The van der Waals surface area contributed by atoms with Gasteiger partial charge in [0.2, 0.25) is 0 Å². The van der Waals surface area contributed by atoms with Crippen LogP contribution in [-0.2, 0) is 4.79 Å². The summed E-state index contributed by atoms with van der Waals surface area (Å²) in [6, 6.07) is 0. The van der Waals surface area contributed by atoms with Crippen LogP contribution in [0.4, 0.5) is 0 Å². The van der Waals surface area contributed by atoms with E-state index in [1.165, 1.54) is 57.9 Å². The van der Waals surface area contributed by atoms with Crippen LogP contribution in [0, 0.1) is 0 Å². The minimum absolute atomic E-state index is 0.855. The molecule has 0 aliphatic rings. The van der Waals surface area contributed by atoms with Crippen LogP contribution in [0.3, 0.4) is 0 Å². The zero-order valence-corrected chi connectivity index (χ0v) is 16.4. The van der Waals surface area contributed by atoms with Crippen LogP contribution >= 0.6 is 0 Å². The number of carboxylic acids is 1. The van der Waals surface area contributed by atoms with Crippen LogP contribution < -0.4 is 0 Å². The second kappa shape index (κ2) is 12.5. The van der Waals surface area contributed by atoms with E-state index in [0.717, 1.165) is 0 Å². The minimum atomic E-state index is -2.19. The Bertz CT molecular complexity index is 286. The number of hydrogen-bond donors (Lipinski definition) is 1. The molecule has 3 heteroatoms. The van der Waals surface area contributed by atoms with Gasteiger partial charge in [0.25, 0.3) is 0 Å². The molecule has 1 N–H and O–H groups in total. The van der Waals surface area contributed by atoms with E-state index in [2.05, 4.69) is 24.9 Å². The Kier molecular flexibility index (Phi) is 12.3. The van der Waals surface area contributed by atoms with Crippen LogP contribution in [0.25, 0.3) is 0 Å². The SMILES string of the molecule is CCC[CH2][Sn](/[CH]=C/C=C/C(=O)O)([CH2]CCC)[CH2]CCC. The van der Waals surface area contributed by atoms with Crippen molar-refractivity contribution < 1.29 is 9.90 Å². The standard InChI is InChI=1S/C5H5O2.3C4H9.Sn/c1-2-3-4-5(6)7;3*1-3-4-2;/h1-4H,(H,6,7);3*1,3-4H2,2H3;/b2-1?,4-3+;;;;. The molecule has 0 fully saturated rings. The molecule has 0 saturated carbocycles. The van der Waals surface area contributed by atoms with Crippen molar-refractivity contribution >= 4 is 24.3 Å². The van der Waals surface area contributed by atoms with Crippen LogP contribution in [0.15, 0.2) is 22.3 Å². The molecular weight excluding hydrogens is 355 g/mol. The summed E-state index contributed by atoms with van der Waals surface area (Å²) in [5.41, 5.74) is 0. The van der Waals surface area contributed by atoms with E-state index < -0.39 is 24.3 Å². The average molecular weight is 387 g/mol. The van der Waals surface area contributed by atoms with Gasteiger partial charge in [-0.05, 0) is 0 Å². The van der Waals surface area contributed by atoms with Crippen LogP contribution in [-0.4, -0.2) is 29.5 Å². The maximum absolute atomic E-state index is 10.5. The zero-order chi connectivity index (χ0) is 15.3. The van der Waals surface area contributed by atoms with Crippen molar-refractivity contribution in [3.05, 3.63) is 22.3 Å². The van der Waals surface area contributed by atoms with Crippen LogP contribution in [0.1, 0.15) is 59.3 Å². The van der Waals surface area contributed by atoms with Crippen LogP contribution in [0.5, 0.6) is 0 Å². The van der Waals surface area contributed by atoms with E-state index in [4.69, 9.17) is 5.11 Å². The fourth-order valence-electron chi connectivity index (χ4n) is 2.61. The first-order valence-electron chi connectivity index (χ1n) is 8.19. The van der Waals surface area contributed by atoms with Crippen molar-refractivity contribution in [3.63, 3.8) is 0 Å². The van der Waals surface area contributed by atoms with Gasteiger partial charge in [-0.2, -0.15) is 0 Å². The van der Waals surface area contributed by atoms with E-state index >= 15 is 0 Å². The summed E-state index contributed by atoms with van der Waals surface area (Å²) in [6.45, 7) is 6.80. The Morgan fingerprint density at radius 3 is 1.70 bits per heavy atom. The molecule has 0 bridgehead atoms. The van der Waals surface area contributed by atoms with Gasteiger partial charge in [0.15, 0.2) is 0 Å². The molecule has 0 heterocycles. The molecule has 116 valence electrons. The van der Waals surface area contributed by atoms with Gasteiger partial charge in [0.1, 0.15) is 0 Å². The number of carbonyl (C=O) groups is 1. The summed E-state index contributed by atoms with van der Waals surface area (Å²) < 4.78 is 6.78. The summed E-state index contributed by atoms with van der Waals surface area (Å²) >= 11 is -2.19. The van der Waals surface area contributed by atoms with Gasteiger partial charge in [-0.1, -0.05) is 0 Å². The topological polar surface area (TPSA) is 37.3 Å².